The summed E-state index contributed by atoms with van der Waals surface area (Å²) in [6.07, 6.45) is 2.44. The van der Waals surface area contributed by atoms with E-state index in [1.54, 1.807) is 19.2 Å². The largest absolute Gasteiger partial charge is 0.260 e. The molecule has 0 fully saturated rings. The quantitative estimate of drug-likeness (QED) is 0.847. The molecule has 0 radical (unpaired) electrons. The Bertz CT molecular complexity index is 441. The van der Waals surface area contributed by atoms with Gasteiger partial charge in [-0.2, -0.15) is 0 Å². The van der Waals surface area contributed by atoms with Gasteiger partial charge in [0.15, 0.2) is 0 Å². The highest BCUT2D eigenvalue weighted by Gasteiger charge is 2.16. The van der Waals surface area contributed by atoms with Crippen LogP contribution in [0, 0.1) is 13.8 Å². The lowest BCUT2D eigenvalue weighted by molar-refractivity contribution is 0.579. The Labute approximate surface area is 90.8 Å². The van der Waals surface area contributed by atoms with Crippen molar-refractivity contribution in [1.82, 2.24) is 9.71 Å². The van der Waals surface area contributed by atoms with E-state index in [0.717, 1.165) is 12.0 Å². The zero-order valence-corrected chi connectivity index (χ0v) is 10.1. The number of aromatic nitrogens is 1. The minimum Gasteiger partial charge on any atom is -0.260 e. The topological polar surface area (TPSA) is 59.1 Å². The van der Waals surface area contributed by atoms with E-state index in [2.05, 4.69) is 9.71 Å². The molecule has 1 heterocycles. The summed E-state index contributed by atoms with van der Waals surface area (Å²) in [6, 6.07) is 1.64. The Morgan fingerprint density at radius 1 is 1.40 bits per heavy atom. The average molecular weight is 228 g/mol. The van der Waals surface area contributed by atoms with Crippen LogP contribution < -0.4 is 4.72 Å². The molecule has 0 aliphatic rings. The monoisotopic (exact) mass is 228 g/mol. The first-order valence-electron chi connectivity index (χ1n) is 4.90. The van der Waals surface area contributed by atoms with Crippen molar-refractivity contribution >= 4 is 10.0 Å². The molecule has 0 amide bonds. The van der Waals surface area contributed by atoms with E-state index in [9.17, 15) is 8.42 Å². The number of rotatable bonds is 4. The lowest BCUT2D eigenvalue weighted by Gasteiger charge is -2.08. The molecule has 15 heavy (non-hydrogen) atoms. The number of hydrogen-bond donors (Lipinski definition) is 1. The van der Waals surface area contributed by atoms with Crippen LogP contribution in [-0.2, 0) is 10.0 Å². The second kappa shape index (κ2) is 4.72. The lowest BCUT2D eigenvalue weighted by atomic mass is 10.3. The SMILES string of the molecule is CCCNS(=O)(=O)c1cc(C)cnc1C. The normalized spacial score (nSPS) is 11.7. The fourth-order valence-corrected chi connectivity index (χ4v) is 2.61. The highest BCUT2D eigenvalue weighted by Crippen LogP contribution is 2.13. The number of nitrogens with one attached hydrogen (secondary N) is 1. The van der Waals surface area contributed by atoms with Gasteiger partial charge in [-0.15, -0.1) is 0 Å². The first-order chi connectivity index (χ1) is 6.97. The summed E-state index contributed by atoms with van der Waals surface area (Å²) in [5.41, 5.74) is 1.38. The van der Waals surface area contributed by atoms with Crippen LogP contribution >= 0.6 is 0 Å². The van der Waals surface area contributed by atoms with E-state index >= 15 is 0 Å². The van der Waals surface area contributed by atoms with Crippen molar-refractivity contribution in [3.63, 3.8) is 0 Å². The molecular weight excluding hydrogens is 212 g/mol. The standard InChI is InChI=1S/C10H16N2O2S/c1-4-5-12-15(13,14)10-6-8(2)7-11-9(10)3/h6-7,12H,4-5H2,1-3H3. The van der Waals surface area contributed by atoms with Crippen LogP contribution in [0.2, 0.25) is 0 Å². The van der Waals surface area contributed by atoms with E-state index in [0.29, 0.717) is 12.2 Å². The van der Waals surface area contributed by atoms with E-state index in [-0.39, 0.29) is 4.90 Å². The maximum Gasteiger partial charge on any atom is 0.242 e. The average Bonchev–Trinajstić information content (AvgIpc) is 2.18. The summed E-state index contributed by atoms with van der Waals surface area (Å²) in [5, 5.41) is 0. The molecule has 0 aliphatic carbocycles. The van der Waals surface area contributed by atoms with E-state index < -0.39 is 10.0 Å². The molecule has 84 valence electrons. The fourth-order valence-electron chi connectivity index (χ4n) is 1.20. The Balaban J connectivity index is 3.09. The van der Waals surface area contributed by atoms with Crippen LogP contribution in [0.3, 0.4) is 0 Å². The van der Waals surface area contributed by atoms with Gasteiger partial charge in [0.1, 0.15) is 4.90 Å². The van der Waals surface area contributed by atoms with Crippen LogP contribution in [0.5, 0.6) is 0 Å². The van der Waals surface area contributed by atoms with Gasteiger partial charge in [-0.05, 0) is 31.9 Å². The van der Waals surface area contributed by atoms with Crippen molar-refractivity contribution < 1.29 is 8.42 Å². The third-order valence-electron chi connectivity index (χ3n) is 2.01. The molecule has 0 saturated carbocycles. The smallest absolute Gasteiger partial charge is 0.242 e. The zero-order chi connectivity index (χ0) is 11.5. The van der Waals surface area contributed by atoms with Crippen molar-refractivity contribution in [2.24, 2.45) is 0 Å². The fraction of sp³-hybridized carbons (Fsp3) is 0.500. The maximum atomic E-state index is 11.8. The summed E-state index contributed by atoms with van der Waals surface area (Å²) in [4.78, 5) is 4.31. The summed E-state index contributed by atoms with van der Waals surface area (Å²) < 4.78 is 26.2. The lowest BCUT2D eigenvalue weighted by Crippen LogP contribution is -2.25. The van der Waals surface area contributed by atoms with Crippen LogP contribution in [-0.4, -0.2) is 19.9 Å². The van der Waals surface area contributed by atoms with E-state index in [1.807, 2.05) is 13.8 Å². The molecule has 0 aliphatic heterocycles. The van der Waals surface area contributed by atoms with Crippen molar-refractivity contribution in [2.45, 2.75) is 32.1 Å². The molecule has 0 spiro atoms. The summed E-state index contributed by atoms with van der Waals surface area (Å²) in [6.45, 7) is 5.89. The molecule has 1 rings (SSSR count). The molecule has 0 unspecified atom stereocenters. The number of pyridine rings is 1. The number of nitrogens with zero attached hydrogens (tertiary/aromatic N) is 1. The van der Waals surface area contributed by atoms with Crippen molar-refractivity contribution in [3.8, 4) is 0 Å². The first-order valence-corrected chi connectivity index (χ1v) is 6.38. The van der Waals surface area contributed by atoms with E-state index in [4.69, 9.17) is 0 Å². The van der Waals surface area contributed by atoms with Crippen LogP contribution in [0.15, 0.2) is 17.2 Å². The van der Waals surface area contributed by atoms with E-state index in [1.165, 1.54) is 0 Å². The van der Waals surface area contributed by atoms with Gasteiger partial charge in [-0.25, -0.2) is 13.1 Å². The van der Waals surface area contributed by atoms with Crippen LogP contribution in [0.25, 0.3) is 0 Å². The predicted octanol–water partition coefficient (Wildman–Crippen LogP) is 1.39. The van der Waals surface area contributed by atoms with Crippen LogP contribution in [0.1, 0.15) is 24.6 Å². The summed E-state index contributed by atoms with van der Waals surface area (Å²) >= 11 is 0. The van der Waals surface area contributed by atoms with Gasteiger partial charge >= 0.3 is 0 Å². The van der Waals surface area contributed by atoms with Crippen molar-refractivity contribution in [2.75, 3.05) is 6.54 Å². The molecule has 4 nitrogen and oxygen atoms in total. The minimum atomic E-state index is -3.39. The Hall–Kier alpha value is -0.940. The molecular formula is C10H16N2O2S. The van der Waals surface area contributed by atoms with Crippen molar-refractivity contribution in [1.29, 1.82) is 0 Å². The third kappa shape index (κ3) is 3.00. The highest BCUT2D eigenvalue weighted by atomic mass is 32.2. The number of aryl methyl sites for hydroxylation is 2. The summed E-state index contributed by atoms with van der Waals surface area (Å²) in [5.74, 6) is 0. The Morgan fingerprint density at radius 2 is 2.07 bits per heavy atom. The van der Waals surface area contributed by atoms with Crippen molar-refractivity contribution in [3.05, 3.63) is 23.5 Å². The Morgan fingerprint density at radius 3 is 2.67 bits per heavy atom. The minimum absolute atomic E-state index is 0.274. The zero-order valence-electron chi connectivity index (χ0n) is 9.24. The third-order valence-corrected chi connectivity index (χ3v) is 3.59. The first kappa shape index (κ1) is 12.1. The molecule has 0 aromatic carbocycles. The molecule has 1 N–H and O–H groups in total. The molecule has 1 aromatic rings. The number of sulfonamides is 1. The second-order valence-electron chi connectivity index (χ2n) is 3.49. The van der Waals surface area contributed by atoms with Gasteiger partial charge < -0.3 is 0 Å². The summed E-state index contributed by atoms with van der Waals surface area (Å²) in [7, 11) is -3.39. The number of hydrogen-bond acceptors (Lipinski definition) is 3. The van der Waals surface area contributed by atoms with Gasteiger partial charge in [-0.1, -0.05) is 6.92 Å². The van der Waals surface area contributed by atoms with Gasteiger partial charge in [0.2, 0.25) is 10.0 Å². The molecule has 1 aromatic heterocycles. The highest BCUT2D eigenvalue weighted by molar-refractivity contribution is 7.89. The molecule has 0 saturated heterocycles. The van der Waals surface area contributed by atoms with Gasteiger partial charge in [0.25, 0.3) is 0 Å². The molecule has 0 atom stereocenters. The maximum absolute atomic E-state index is 11.8. The molecule has 0 bridgehead atoms. The Kier molecular flexibility index (Phi) is 3.82. The van der Waals surface area contributed by atoms with Crippen LogP contribution in [0.4, 0.5) is 0 Å². The molecule has 5 heteroatoms. The second-order valence-corrected chi connectivity index (χ2v) is 5.23. The predicted molar refractivity (Wildman–Crippen MR) is 59.2 cm³/mol. The van der Waals surface area contributed by atoms with Gasteiger partial charge in [0.05, 0.1) is 5.69 Å². The van der Waals surface area contributed by atoms with Gasteiger partial charge in [0, 0.05) is 12.7 Å². The van der Waals surface area contributed by atoms with Gasteiger partial charge in [-0.3, -0.25) is 4.98 Å².